The van der Waals surface area contributed by atoms with Gasteiger partial charge in [-0.2, -0.15) is 0 Å². The van der Waals surface area contributed by atoms with Gasteiger partial charge in [0.05, 0.1) is 0 Å². The zero-order chi connectivity index (χ0) is 14.9. The predicted octanol–water partition coefficient (Wildman–Crippen LogP) is 2.84. The third kappa shape index (κ3) is 2.76. The summed E-state index contributed by atoms with van der Waals surface area (Å²) >= 11 is 0. The summed E-state index contributed by atoms with van der Waals surface area (Å²) in [4.78, 5) is 12.4. The highest BCUT2D eigenvalue weighted by atomic mass is 19.1. The summed E-state index contributed by atoms with van der Waals surface area (Å²) in [6, 6.07) is 9.96. The number of nitrogens with two attached hydrogens (primary N) is 1. The molecule has 2 aromatic carbocycles. The molecule has 1 amide bonds. The molecule has 0 radical (unpaired) electrons. The van der Waals surface area contributed by atoms with E-state index in [1.807, 2.05) is 6.07 Å². The van der Waals surface area contributed by atoms with Crippen molar-refractivity contribution in [1.82, 2.24) is 5.32 Å². The van der Waals surface area contributed by atoms with Crippen molar-refractivity contribution < 1.29 is 9.18 Å². The van der Waals surface area contributed by atoms with Gasteiger partial charge in [0, 0.05) is 17.5 Å². The van der Waals surface area contributed by atoms with Crippen LogP contribution in [0.3, 0.4) is 0 Å². The molecule has 0 aromatic heterocycles. The maximum absolute atomic E-state index is 13.8. The minimum absolute atomic E-state index is 0.144. The molecule has 1 fully saturated rings. The molecule has 3 nitrogen and oxygen atoms in total. The third-order valence-corrected chi connectivity index (χ3v) is 4.37. The third-order valence-electron chi connectivity index (χ3n) is 4.37. The molecule has 0 unspecified atom stereocenters. The molecule has 1 saturated carbocycles. The molecule has 0 bridgehead atoms. The number of carbonyl (C=O) groups is 1. The van der Waals surface area contributed by atoms with Crippen LogP contribution in [0, 0.1) is 11.2 Å². The van der Waals surface area contributed by atoms with Crippen molar-refractivity contribution in [3.05, 3.63) is 47.8 Å². The van der Waals surface area contributed by atoms with Crippen molar-refractivity contribution in [2.24, 2.45) is 11.1 Å². The van der Waals surface area contributed by atoms with Gasteiger partial charge in [-0.05, 0) is 48.7 Å². The fourth-order valence-corrected chi connectivity index (χ4v) is 2.82. The van der Waals surface area contributed by atoms with Gasteiger partial charge in [0.15, 0.2) is 0 Å². The van der Waals surface area contributed by atoms with E-state index in [1.165, 1.54) is 6.07 Å². The van der Waals surface area contributed by atoms with E-state index in [-0.39, 0.29) is 17.1 Å². The lowest BCUT2D eigenvalue weighted by atomic mass is 10.0. The smallest absolute Gasteiger partial charge is 0.251 e. The first-order valence-corrected chi connectivity index (χ1v) is 7.31. The van der Waals surface area contributed by atoms with Gasteiger partial charge < -0.3 is 11.1 Å². The molecule has 0 spiro atoms. The van der Waals surface area contributed by atoms with E-state index in [0.29, 0.717) is 29.4 Å². The summed E-state index contributed by atoms with van der Waals surface area (Å²) < 4.78 is 13.8. The fourth-order valence-electron chi connectivity index (χ4n) is 2.82. The average molecular weight is 286 g/mol. The highest BCUT2D eigenvalue weighted by Crippen LogP contribution is 2.47. The molecule has 21 heavy (non-hydrogen) atoms. The number of fused-ring (bicyclic) bond motifs is 1. The zero-order valence-corrected chi connectivity index (χ0v) is 11.9. The molecule has 1 aliphatic carbocycles. The average Bonchev–Trinajstić information content (AvgIpc) is 3.26. The van der Waals surface area contributed by atoms with Gasteiger partial charge in [-0.25, -0.2) is 4.39 Å². The number of halogens is 1. The number of nitrogens with one attached hydrogen (secondary N) is 1. The second kappa shape index (κ2) is 5.45. The van der Waals surface area contributed by atoms with E-state index in [0.717, 1.165) is 19.3 Å². The standard InChI is InChI=1S/C17H19FN2O/c18-15-6-5-14(12-3-1-2-4-13(12)15)16(21)20-11-17(7-8-17)9-10-19/h1-6H,7-11,19H2,(H,20,21). The number of amides is 1. The number of rotatable bonds is 5. The van der Waals surface area contributed by atoms with Crippen LogP contribution in [0.15, 0.2) is 36.4 Å². The predicted molar refractivity (Wildman–Crippen MR) is 81.6 cm³/mol. The summed E-state index contributed by atoms with van der Waals surface area (Å²) in [5.41, 5.74) is 6.33. The first-order valence-electron chi connectivity index (χ1n) is 7.31. The Morgan fingerprint density at radius 1 is 1.19 bits per heavy atom. The van der Waals surface area contributed by atoms with Gasteiger partial charge in [0.25, 0.3) is 5.91 Å². The number of hydrogen-bond donors (Lipinski definition) is 2. The van der Waals surface area contributed by atoms with Crippen molar-refractivity contribution >= 4 is 16.7 Å². The van der Waals surface area contributed by atoms with Crippen molar-refractivity contribution in [2.75, 3.05) is 13.1 Å². The Balaban J connectivity index is 1.81. The SMILES string of the molecule is NCCC1(CNC(=O)c2ccc(F)c3ccccc23)CC1. The molecule has 0 aliphatic heterocycles. The second-order valence-electron chi connectivity index (χ2n) is 5.86. The Bertz CT molecular complexity index is 680. The Hall–Kier alpha value is -1.94. The van der Waals surface area contributed by atoms with Crippen molar-refractivity contribution in [2.45, 2.75) is 19.3 Å². The zero-order valence-electron chi connectivity index (χ0n) is 11.9. The van der Waals surface area contributed by atoms with Crippen molar-refractivity contribution in [1.29, 1.82) is 0 Å². The monoisotopic (exact) mass is 286 g/mol. The molecular weight excluding hydrogens is 267 g/mol. The van der Waals surface area contributed by atoms with Crippen LogP contribution in [0.2, 0.25) is 0 Å². The van der Waals surface area contributed by atoms with Crippen LogP contribution in [0.25, 0.3) is 10.8 Å². The van der Waals surface area contributed by atoms with Crippen LogP contribution in [-0.2, 0) is 0 Å². The van der Waals surface area contributed by atoms with Crippen LogP contribution >= 0.6 is 0 Å². The summed E-state index contributed by atoms with van der Waals surface area (Å²) in [5, 5.41) is 4.11. The first kappa shape index (κ1) is 14.0. The van der Waals surface area contributed by atoms with E-state index in [1.54, 1.807) is 24.3 Å². The van der Waals surface area contributed by atoms with Gasteiger partial charge in [-0.3, -0.25) is 4.79 Å². The lowest BCUT2D eigenvalue weighted by Gasteiger charge is -2.15. The van der Waals surface area contributed by atoms with Gasteiger partial charge in [-0.15, -0.1) is 0 Å². The van der Waals surface area contributed by atoms with Crippen LogP contribution in [0.1, 0.15) is 29.6 Å². The number of hydrogen-bond acceptors (Lipinski definition) is 2. The topological polar surface area (TPSA) is 55.1 Å². The molecular formula is C17H19FN2O. The van der Waals surface area contributed by atoms with E-state index in [4.69, 9.17) is 5.73 Å². The minimum Gasteiger partial charge on any atom is -0.351 e. The highest BCUT2D eigenvalue weighted by Gasteiger charge is 2.41. The lowest BCUT2D eigenvalue weighted by Crippen LogP contribution is -2.31. The van der Waals surface area contributed by atoms with Crippen molar-refractivity contribution in [3.63, 3.8) is 0 Å². The van der Waals surface area contributed by atoms with Crippen LogP contribution in [0.5, 0.6) is 0 Å². The molecule has 2 aromatic rings. The molecule has 4 heteroatoms. The van der Waals surface area contributed by atoms with E-state index in [9.17, 15) is 9.18 Å². The van der Waals surface area contributed by atoms with E-state index >= 15 is 0 Å². The van der Waals surface area contributed by atoms with Crippen LogP contribution in [0.4, 0.5) is 4.39 Å². The molecule has 0 heterocycles. The number of carbonyl (C=O) groups excluding carboxylic acids is 1. The quantitative estimate of drug-likeness (QED) is 0.888. The molecule has 1 aliphatic rings. The normalized spacial score (nSPS) is 15.9. The maximum atomic E-state index is 13.8. The minimum atomic E-state index is -0.302. The first-order chi connectivity index (χ1) is 10.2. The number of benzene rings is 2. The van der Waals surface area contributed by atoms with Crippen molar-refractivity contribution in [3.8, 4) is 0 Å². The molecule has 0 saturated heterocycles. The van der Waals surface area contributed by atoms with Gasteiger partial charge >= 0.3 is 0 Å². The maximum Gasteiger partial charge on any atom is 0.251 e. The van der Waals surface area contributed by atoms with Gasteiger partial charge in [0.1, 0.15) is 5.82 Å². The Morgan fingerprint density at radius 2 is 1.90 bits per heavy atom. The van der Waals surface area contributed by atoms with Crippen LogP contribution < -0.4 is 11.1 Å². The Labute approximate surface area is 123 Å². The van der Waals surface area contributed by atoms with Gasteiger partial charge in [0.2, 0.25) is 0 Å². The molecule has 110 valence electrons. The summed E-state index contributed by atoms with van der Waals surface area (Å²) in [6.07, 6.45) is 3.18. The van der Waals surface area contributed by atoms with Crippen LogP contribution in [-0.4, -0.2) is 19.0 Å². The summed E-state index contributed by atoms with van der Waals surface area (Å²) in [5.74, 6) is -0.446. The fraction of sp³-hybridized carbons (Fsp3) is 0.353. The second-order valence-corrected chi connectivity index (χ2v) is 5.86. The molecule has 3 rings (SSSR count). The Kier molecular flexibility index (Phi) is 3.64. The highest BCUT2D eigenvalue weighted by molar-refractivity contribution is 6.07. The summed E-state index contributed by atoms with van der Waals surface area (Å²) in [7, 11) is 0. The van der Waals surface area contributed by atoms with E-state index < -0.39 is 0 Å². The summed E-state index contributed by atoms with van der Waals surface area (Å²) in [6.45, 7) is 1.30. The van der Waals surface area contributed by atoms with Gasteiger partial charge in [-0.1, -0.05) is 24.3 Å². The largest absolute Gasteiger partial charge is 0.351 e. The molecule has 3 N–H and O–H groups in total. The van der Waals surface area contributed by atoms with E-state index in [2.05, 4.69) is 5.32 Å². The Morgan fingerprint density at radius 3 is 2.57 bits per heavy atom. The lowest BCUT2D eigenvalue weighted by molar-refractivity contribution is 0.0945. The molecule has 0 atom stereocenters.